The van der Waals surface area contributed by atoms with Crippen LogP contribution in [0.4, 0.5) is 10.5 Å². The van der Waals surface area contributed by atoms with Crippen LogP contribution >= 0.6 is 11.6 Å². The first-order chi connectivity index (χ1) is 11.8. The number of methoxy groups -OCH3 is 1. The van der Waals surface area contributed by atoms with Gasteiger partial charge < -0.3 is 15.4 Å². The SMILES string of the molecule is COc1cc(C)c(C(C)NC(=O)Nc2ccc(Cl)cc2)cc1C(C)C. The summed E-state index contributed by atoms with van der Waals surface area (Å²) in [5, 5.41) is 6.43. The molecule has 2 aromatic carbocycles. The van der Waals surface area contributed by atoms with Gasteiger partial charge in [0.25, 0.3) is 0 Å². The summed E-state index contributed by atoms with van der Waals surface area (Å²) < 4.78 is 5.48. The Hall–Kier alpha value is -2.20. The molecular formula is C20H25ClN2O2. The summed E-state index contributed by atoms with van der Waals surface area (Å²) in [6, 6.07) is 10.8. The van der Waals surface area contributed by atoms with E-state index in [0.29, 0.717) is 16.6 Å². The van der Waals surface area contributed by atoms with Gasteiger partial charge in [-0.2, -0.15) is 0 Å². The van der Waals surface area contributed by atoms with Gasteiger partial charge in [0.15, 0.2) is 0 Å². The third kappa shape index (κ3) is 4.89. The van der Waals surface area contributed by atoms with Crippen molar-refractivity contribution in [3.63, 3.8) is 0 Å². The molecule has 0 radical (unpaired) electrons. The van der Waals surface area contributed by atoms with Crippen molar-refractivity contribution in [3.8, 4) is 5.75 Å². The molecule has 0 aromatic heterocycles. The monoisotopic (exact) mass is 360 g/mol. The smallest absolute Gasteiger partial charge is 0.319 e. The molecule has 0 aliphatic rings. The molecule has 2 amide bonds. The van der Waals surface area contributed by atoms with Crippen molar-refractivity contribution in [1.82, 2.24) is 5.32 Å². The fraction of sp³-hybridized carbons (Fsp3) is 0.350. The topological polar surface area (TPSA) is 50.4 Å². The zero-order valence-corrected chi connectivity index (χ0v) is 16.1. The second-order valence-electron chi connectivity index (χ2n) is 6.43. The summed E-state index contributed by atoms with van der Waals surface area (Å²) in [5.74, 6) is 1.22. The van der Waals surface area contributed by atoms with E-state index in [1.807, 2.05) is 19.9 Å². The number of aryl methyl sites for hydroxylation is 1. The number of carbonyl (C=O) groups excluding carboxylic acids is 1. The van der Waals surface area contributed by atoms with E-state index in [1.54, 1.807) is 31.4 Å². The zero-order chi connectivity index (χ0) is 18.6. The van der Waals surface area contributed by atoms with E-state index in [1.165, 1.54) is 0 Å². The van der Waals surface area contributed by atoms with Crippen LogP contribution in [0.1, 0.15) is 49.4 Å². The van der Waals surface area contributed by atoms with Crippen LogP contribution in [-0.2, 0) is 0 Å². The van der Waals surface area contributed by atoms with Crippen molar-refractivity contribution in [2.45, 2.75) is 39.7 Å². The highest BCUT2D eigenvalue weighted by Gasteiger charge is 2.16. The number of carbonyl (C=O) groups is 1. The van der Waals surface area contributed by atoms with Gasteiger partial charge in [-0.3, -0.25) is 0 Å². The second-order valence-corrected chi connectivity index (χ2v) is 6.87. The Kier molecular flexibility index (Phi) is 6.32. The molecule has 0 aliphatic carbocycles. The molecule has 2 aromatic rings. The number of anilines is 1. The summed E-state index contributed by atoms with van der Waals surface area (Å²) in [5.41, 5.74) is 3.99. The second kappa shape index (κ2) is 8.26. The molecule has 0 aliphatic heterocycles. The average molecular weight is 361 g/mol. The molecule has 2 N–H and O–H groups in total. The Morgan fingerprint density at radius 3 is 2.28 bits per heavy atom. The fourth-order valence-corrected chi connectivity index (χ4v) is 2.91. The van der Waals surface area contributed by atoms with Crippen molar-refractivity contribution >= 4 is 23.3 Å². The molecule has 0 saturated heterocycles. The van der Waals surface area contributed by atoms with Crippen LogP contribution in [0.25, 0.3) is 0 Å². The van der Waals surface area contributed by atoms with Gasteiger partial charge in [0.1, 0.15) is 5.75 Å². The van der Waals surface area contributed by atoms with Gasteiger partial charge in [-0.05, 0) is 72.9 Å². The lowest BCUT2D eigenvalue weighted by Crippen LogP contribution is -2.31. The molecular weight excluding hydrogens is 336 g/mol. The molecule has 2 rings (SSSR count). The summed E-state index contributed by atoms with van der Waals surface area (Å²) in [7, 11) is 1.68. The summed E-state index contributed by atoms with van der Waals surface area (Å²) in [4.78, 5) is 12.3. The largest absolute Gasteiger partial charge is 0.496 e. The number of nitrogens with one attached hydrogen (secondary N) is 2. The molecule has 134 valence electrons. The van der Waals surface area contributed by atoms with Gasteiger partial charge in [0.2, 0.25) is 0 Å². The molecule has 0 fully saturated rings. The Bertz CT molecular complexity index is 742. The van der Waals surface area contributed by atoms with Crippen LogP contribution in [0.5, 0.6) is 5.75 Å². The normalized spacial score (nSPS) is 12.0. The summed E-state index contributed by atoms with van der Waals surface area (Å²) in [6.07, 6.45) is 0. The van der Waals surface area contributed by atoms with Crippen molar-refractivity contribution in [1.29, 1.82) is 0 Å². The molecule has 1 atom stereocenters. The third-order valence-corrected chi connectivity index (χ3v) is 4.41. The molecule has 0 spiro atoms. The molecule has 0 heterocycles. The number of hydrogen-bond acceptors (Lipinski definition) is 2. The number of amides is 2. The van der Waals surface area contributed by atoms with E-state index in [9.17, 15) is 4.79 Å². The van der Waals surface area contributed by atoms with Gasteiger partial charge in [-0.25, -0.2) is 4.79 Å². The minimum absolute atomic E-state index is 0.129. The first kappa shape index (κ1) is 19.1. The van der Waals surface area contributed by atoms with Crippen molar-refractivity contribution in [2.75, 3.05) is 12.4 Å². The van der Waals surface area contributed by atoms with Crippen molar-refractivity contribution < 1.29 is 9.53 Å². The lowest BCUT2D eigenvalue weighted by molar-refractivity contribution is 0.249. The van der Waals surface area contributed by atoms with Crippen LogP contribution < -0.4 is 15.4 Å². The number of urea groups is 1. The van der Waals surface area contributed by atoms with Gasteiger partial charge in [-0.15, -0.1) is 0 Å². The van der Waals surface area contributed by atoms with E-state index >= 15 is 0 Å². The Morgan fingerprint density at radius 1 is 1.08 bits per heavy atom. The fourth-order valence-electron chi connectivity index (χ4n) is 2.79. The first-order valence-electron chi connectivity index (χ1n) is 8.33. The maximum atomic E-state index is 12.3. The number of halogens is 1. The lowest BCUT2D eigenvalue weighted by Gasteiger charge is -2.21. The molecule has 0 saturated carbocycles. The lowest BCUT2D eigenvalue weighted by atomic mass is 9.93. The van der Waals surface area contributed by atoms with Crippen molar-refractivity contribution in [3.05, 3.63) is 58.1 Å². The summed E-state index contributed by atoms with van der Waals surface area (Å²) in [6.45, 7) is 8.25. The molecule has 1 unspecified atom stereocenters. The van der Waals surface area contributed by atoms with Gasteiger partial charge in [-0.1, -0.05) is 25.4 Å². The Labute approximate surface area is 154 Å². The van der Waals surface area contributed by atoms with Crippen LogP contribution in [0, 0.1) is 6.92 Å². The highest BCUT2D eigenvalue weighted by molar-refractivity contribution is 6.30. The number of ether oxygens (including phenoxy) is 1. The van der Waals surface area contributed by atoms with Gasteiger partial charge >= 0.3 is 6.03 Å². The number of hydrogen-bond donors (Lipinski definition) is 2. The van der Waals surface area contributed by atoms with Crippen LogP contribution in [0.2, 0.25) is 5.02 Å². The molecule has 5 heteroatoms. The predicted octanol–water partition coefficient (Wildman–Crippen LogP) is 5.66. The third-order valence-electron chi connectivity index (χ3n) is 4.16. The maximum Gasteiger partial charge on any atom is 0.319 e. The highest BCUT2D eigenvalue weighted by atomic mass is 35.5. The van der Waals surface area contributed by atoms with E-state index in [4.69, 9.17) is 16.3 Å². The highest BCUT2D eigenvalue weighted by Crippen LogP contribution is 2.32. The van der Waals surface area contributed by atoms with E-state index < -0.39 is 0 Å². The maximum absolute atomic E-state index is 12.3. The van der Waals surface area contributed by atoms with Gasteiger partial charge in [0.05, 0.1) is 13.2 Å². The standard InChI is InChI=1S/C20H25ClN2O2/c1-12(2)17-11-18(13(3)10-19(17)25-5)14(4)22-20(24)23-16-8-6-15(21)7-9-16/h6-12,14H,1-5H3,(H2,22,23,24). The van der Waals surface area contributed by atoms with E-state index in [2.05, 4.69) is 30.5 Å². The Balaban J connectivity index is 2.14. The van der Waals surface area contributed by atoms with E-state index in [-0.39, 0.29) is 12.1 Å². The molecule has 4 nitrogen and oxygen atoms in total. The average Bonchev–Trinajstić information content (AvgIpc) is 2.56. The number of benzene rings is 2. The van der Waals surface area contributed by atoms with Gasteiger partial charge in [0, 0.05) is 10.7 Å². The number of rotatable bonds is 5. The minimum Gasteiger partial charge on any atom is -0.496 e. The van der Waals surface area contributed by atoms with E-state index in [0.717, 1.165) is 22.4 Å². The van der Waals surface area contributed by atoms with Crippen LogP contribution in [0.3, 0.4) is 0 Å². The quantitative estimate of drug-likeness (QED) is 0.722. The zero-order valence-electron chi connectivity index (χ0n) is 15.3. The molecule has 25 heavy (non-hydrogen) atoms. The molecule has 0 bridgehead atoms. The van der Waals surface area contributed by atoms with Crippen LogP contribution in [-0.4, -0.2) is 13.1 Å². The Morgan fingerprint density at radius 2 is 1.72 bits per heavy atom. The van der Waals surface area contributed by atoms with Crippen molar-refractivity contribution in [2.24, 2.45) is 0 Å². The van der Waals surface area contributed by atoms with Crippen LogP contribution in [0.15, 0.2) is 36.4 Å². The minimum atomic E-state index is -0.254. The summed E-state index contributed by atoms with van der Waals surface area (Å²) >= 11 is 5.86. The first-order valence-corrected chi connectivity index (χ1v) is 8.71. The predicted molar refractivity (Wildman–Crippen MR) is 104 cm³/mol.